The highest BCUT2D eigenvalue weighted by Gasteiger charge is 2.11. The average Bonchev–Trinajstić information content (AvgIpc) is 2.31. The summed E-state index contributed by atoms with van der Waals surface area (Å²) in [6.45, 7) is 18.4. The zero-order valence-electron chi connectivity index (χ0n) is 12.0. The van der Waals surface area contributed by atoms with Crippen molar-refractivity contribution in [2.24, 2.45) is 5.92 Å². The van der Waals surface area contributed by atoms with Crippen molar-refractivity contribution >= 4 is 0 Å². The number of allylic oxidation sites excluding steroid dienone is 4. The standard InChI is InChI=1S/C14H24.C2H6/c1-6-9-11-13(8-3)14(10-7-2)12(4)5;1-2/h7,10,13H,2,4,6,8-9,11H2,1,3,5H3;1-2H3/b14-10+;. The van der Waals surface area contributed by atoms with Gasteiger partial charge in [0.1, 0.15) is 0 Å². The first-order valence-corrected chi connectivity index (χ1v) is 6.65. The van der Waals surface area contributed by atoms with E-state index >= 15 is 0 Å². The lowest BCUT2D eigenvalue weighted by molar-refractivity contribution is 0.519. The molecule has 0 heteroatoms. The van der Waals surface area contributed by atoms with Gasteiger partial charge in [-0.1, -0.05) is 71.4 Å². The molecule has 1 atom stereocenters. The molecular weight excluding hydrogens is 192 g/mol. The second kappa shape index (κ2) is 12.3. The fraction of sp³-hybridized carbons (Fsp3) is 0.625. The van der Waals surface area contributed by atoms with E-state index in [-0.39, 0.29) is 0 Å². The lowest BCUT2D eigenvalue weighted by Gasteiger charge is -2.18. The highest BCUT2D eigenvalue weighted by Crippen LogP contribution is 2.26. The molecule has 0 rings (SSSR count). The molecule has 0 aromatic rings. The van der Waals surface area contributed by atoms with Gasteiger partial charge in [0.05, 0.1) is 0 Å². The van der Waals surface area contributed by atoms with E-state index in [4.69, 9.17) is 0 Å². The van der Waals surface area contributed by atoms with Gasteiger partial charge in [-0.05, 0) is 31.3 Å². The maximum Gasteiger partial charge on any atom is -0.0162 e. The Balaban J connectivity index is 0. The van der Waals surface area contributed by atoms with Crippen LogP contribution in [-0.2, 0) is 0 Å². The minimum Gasteiger partial charge on any atom is -0.0991 e. The monoisotopic (exact) mass is 222 g/mol. The molecule has 0 saturated heterocycles. The van der Waals surface area contributed by atoms with E-state index in [0.29, 0.717) is 5.92 Å². The summed E-state index contributed by atoms with van der Waals surface area (Å²) in [6.07, 6.45) is 9.05. The van der Waals surface area contributed by atoms with Gasteiger partial charge in [-0.25, -0.2) is 0 Å². The summed E-state index contributed by atoms with van der Waals surface area (Å²) in [5.74, 6) is 0.672. The van der Waals surface area contributed by atoms with Crippen molar-refractivity contribution in [3.05, 3.63) is 36.5 Å². The maximum atomic E-state index is 4.03. The second-order valence-electron chi connectivity index (χ2n) is 3.89. The van der Waals surface area contributed by atoms with Gasteiger partial charge in [0, 0.05) is 0 Å². The summed E-state index contributed by atoms with van der Waals surface area (Å²) in [4.78, 5) is 0. The Kier molecular flexibility index (Phi) is 13.5. The third-order valence-electron chi connectivity index (χ3n) is 2.63. The zero-order valence-corrected chi connectivity index (χ0v) is 12.0. The molecule has 0 nitrogen and oxygen atoms in total. The number of unbranched alkanes of at least 4 members (excludes halogenated alkanes) is 1. The summed E-state index contributed by atoms with van der Waals surface area (Å²) >= 11 is 0. The van der Waals surface area contributed by atoms with Gasteiger partial charge in [0.2, 0.25) is 0 Å². The van der Waals surface area contributed by atoms with Crippen molar-refractivity contribution in [3.8, 4) is 0 Å². The minimum absolute atomic E-state index is 0.672. The SMILES string of the molecule is C=C/C=C(\C(=C)C)C(CC)CCCC.CC. The van der Waals surface area contributed by atoms with Crippen LogP contribution in [0.1, 0.15) is 60.3 Å². The molecule has 0 radical (unpaired) electrons. The topological polar surface area (TPSA) is 0 Å². The van der Waals surface area contributed by atoms with E-state index in [0.717, 1.165) is 0 Å². The third-order valence-corrected chi connectivity index (χ3v) is 2.63. The molecule has 0 aliphatic rings. The van der Waals surface area contributed by atoms with Crippen molar-refractivity contribution < 1.29 is 0 Å². The van der Waals surface area contributed by atoms with Gasteiger partial charge in [0.15, 0.2) is 0 Å². The molecule has 1 unspecified atom stereocenters. The molecule has 0 spiro atoms. The molecule has 0 aromatic carbocycles. The van der Waals surface area contributed by atoms with E-state index < -0.39 is 0 Å². The molecule has 0 N–H and O–H groups in total. The van der Waals surface area contributed by atoms with Crippen LogP contribution in [0.2, 0.25) is 0 Å². The van der Waals surface area contributed by atoms with Crippen LogP contribution in [0.5, 0.6) is 0 Å². The molecule has 0 fully saturated rings. The molecule has 94 valence electrons. The Morgan fingerprint density at radius 1 is 1.25 bits per heavy atom. The molecule has 0 heterocycles. The maximum absolute atomic E-state index is 4.03. The first-order chi connectivity index (χ1) is 7.67. The predicted octanol–water partition coefficient (Wildman–Crippen LogP) is 5.92. The fourth-order valence-corrected chi connectivity index (χ4v) is 1.78. The van der Waals surface area contributed by atoms with Crippen LogP contribution in [0.15, 0.2) is 36.5 Å². The molecule has 0 saturated carbocycles. The van der Waals surface area contributed by atoms with Crippen LogP contribution >= 0.6 is 0 Å². The molecular formula is C16H30. The Hall–Kier alpha value is -0.780. The van der Waals surface area contributed by atoms with Crippen LogP contribution in [0, 0.1) is 5.92 Å². The van der Waals surface area contributed by atoms with Gasteiger partial charge >= 0.3 is 0 Å². The summed E-state index contributed by atoms with van der Waals surface area (Å²) in [6, 6.07) is 0. The van der Waals surface area contributed by atoms with Crippen LogP contribution in [0.25, 0.3) is 0 Å². The highest BCUT2D eigenvalue weighted by atomic mass is 14.2. The third kappa shape index (κ3) is 7.50. The largest absolute Gasteiger partial charge is 0.0991 e. The van der Waals surface area contributed by atoms with Gasteiger partial charge < -0.3 is 0 Å². The molecule has 0 amide bonds. The zero-order chi connectivity index (χ0) is 13.0. The predicted molar refractivity (Wildman–Crippen MR) is 77.7 cm³/mol. The van der Waals surface area contributed by atoms with Crippen molar-refractivity contribution in [1.29, 1.82) is 0 Å². The Bertz CT molecular complexity index is 208. The lowest BCUT2D eigenvalue weighted by atomic mass is 9.87. The average molecular weight is 222 g/mol. The lowest BCUT2D eigenvalue weighted by Crippen LogP contribution is -2.04. The van der Waals surface area contributed by atoms with Crippen molar-refractivity contribution in [2.45, 2.75) is 60.3 Å². The summed E-state index contributed by atoms with van der Waals surface area (Å²) < 4.78 is 0. The normalized spacial score (nSPS) is 12.4. The van der Waals surface area contributed by atoms with Gasteiger partial charge in [-0.15, -0.1) is 0 Å². The van der Waals surface area contributed by atoms with E-state index in [1.807, 2.05) is 19.9 Å². The summed E-state index contributed by atoms with van der Waals surface area (Å²) in [7, 11) is 0. The number of hydrogen-bond acceptors (Lipinski definition) is 0. The first kappa shape index (κ1) is 17.6. The molecule has 0 aromatic heterocycles. The molecule has 16 heavy (non-hydrogen) atoms. The van der Waals surface area contributed by atoms with Crippen LogP contribution < -0.4 is 0 Å². The van der Waals surface area contributed by atoms with Gasteiger partial charge in [-0.3, -0.25) is 0 Å². The van der Waals surface area contributed by atoms with E-state index in [1.54, 1.807) is 0 Å². The van der Waals surface area contributed by atoms with Crippen molar-refractivity contribution in [3.63, 3.8) is 0 Å². The first-order valence-electron chi connectivity index (χ1n) is 6.65. The Morgan fingerprint density at radius 3 is 2.12 bits per heavy atom. The molecule has 0 aliphatic carbocycles. The van der Waals surface area contributed by atoms with Crippen molar-refractivity contribution in [2.75, 3.05) is 0 Å². The van der Waals surface area contributed by atoms with E-state index in [2.05, 4.69) is 40.0 Å². The number of hydrogen-bond donors (Lipinski definition) is 0. The second-order valence-corrected chi connectivity index (χ2v) is 3.89. The van der Waals surface area contributed by atoms with Crippen molar-refractivity contribution in [1.82, 2.24) is 0 Å². The summed E-state index contributed by atoms with van der Waals surface area (Å²) in [5.41, 5.74) is 2.57. The van der Waals surface area contributed by atoms with Gasteiger partial charge in [0.25, 0.3) is 0 Å². The van der Waals surface area contributed by atoms with Crippen LogP contribution in [0.4, 0.5) is 0 Å². The molecule has 0 aliphatic heterocycles. The fourth-order valence-electron chi connectivity index (χ4n) is 1.78. The minimum atomic E-state index is 0.672. The Labute approximate surface area is 103 Å². The van der Waals surface area contributed by atoms with Crippen LogP contribution in [-0.4, -0.2) is 0 Å². The highest BCUT2D eigenvalue weighted by molar-refractivity contribution is 5.31. The van der Waals surface area contributed by atoms with Gasteiger partial charge in [-0.2, -0.15) is 0 Å². The van der Waals surface area contributed by atoms with E-state index in [1.165, 1.54) is 36.8 Å². The quantitative estimate of drug-likeness (QED) is 0.469. The smallest absolute Gasteiger partial charge is 0.0162 e. The number of rotatable bonds is 7. The van der Waals surface area contributed by atoms with Crippen LogP contribution in [0.3, 0.4) is 0 Å². The Morgan fingerprint density at radius 2 is 1.81 bits per heavy atom. The van der Waals surface area contributed by atoms with E-state index in [9.17, 15) is 0 Å². The molecule has 0 bridgehead atoms. The summed E-state index contributed by atoms with van der Waals surface area (Å²) in [5, 5.41) is 0.